The highest BCUT2D eigenvalue weighted by atomic mass is 79.9. The Labute approximate surface area is 125 Å². The van der Waals surface area contributed by atoms with E-state index in [1.807, 2.05) is 0 Å². The second-order valence-electron chi connectivity index (χ2n) is 4.34. The van der Waals surface area contributed by atoms with E-state index in [0.29, 0.717) is 27.4 Å². The zero-order valence-corrected chi connectivity index (χ0v) is 12.7. The van der Waals surface area contributed by atoms with E-state index >= 15 is 0 Å². The van der Waals surface area contributed by atoms with Crippen LogP contribution in [0.2, 0.25) is 0 Å². The highest BCUT2D eigenvalue weighted by Crippen LogP contribution is 2.33. The largest absolute Gasteiger partial charge is 0.456 e. The van der Waals surface area contributed by atoms with Crippen LogP contribution in [-0.4, -0.2) is 29.9 Å². The lowest BCUT2D eigenvalue weighted by molar-refractivity contribution is 0.0821. The maximum atomic E-state index is 11.8. The predicted octanol–water partition coefficient (Wildman–Crippen LogP) is 2.92. The number of rotatable bonds is 3. The van der Waals surface area contributed by atoms with Gasteiger partial charge in [0, 0.05) is 32.0 Å². The minimum Gasteiger partial charge on any atom is -0.456 e. The molecule has 0 aliphatic rings. The zero-order chi connectivity index (χ0) is 14.7. The van der Waals surface area contributed by atoms with Crippen molar-refractivity contribution in [1.82, 2.24) is 9.88 Å². The fourth-order valence-corrected chi connectivity index (χ4v) is 1.90. The summed E-state index contributed by atoms with van der Waals surface area (Å²) in [6.07, 6.45) is 1.53. The van der Waals surface area contributed by atoms with Crippen LogP contribution in [0, 0.1) is 0 Å². The van der Waals surface area contributed by atoms with E-state index in [1.54, 1.807) is 44.4 Å². The first-order chi connectivity index (χ1) is 9.49. The molecule has 0 fully saturated rings. The number of halogens is 1. The van der Waals surface area contributed by atoms with Crippen LogP contribution in [0.15, 0.2) is 41.0 Å². The number of carbonyl (C=O) groups excluding carboxylic acids is 1. The zero-order valence-electron chi connectivity index (χ0n) is 11.1. The average Bonchev–Trinajstić information content (AvgIpc) is 2.43. The lowest BCUT2D eigenvalue weighted by Gasteiger charge is -2.12. The highest BCUT2D eigenvalue weighted by molar-refractivity contribution is 9.10. The summed E-state index contributed by atoms with van der Waals surface area (Å²) in [5.41, 5.74) is 6.70. The third-order valence-electron chi connectivity index (χ3n) is 2.58. The molecule has 0 radical (unpaired) electrons. The molecule has 1 aromatic carbocycles. The Morgan fingerprint density at radius 1 is 1.35 bits per heavy atom. The molecule has 0 unspecified atom stereocenters. The van der Waals surface area contributed by atoms with Crippen LogP contribution in [0.3, 0.4) is 0 Å². The summed E-state index contributed by atoms with van der Waals surface area (Å²) < 4.78 is 6.40. The first-order valence-electron chi connectivity index (χ1n) is 5.88. The number of nitrogens with two attached hydrogens (primary N) is 1. The van der Waals surface area contributed by atoms with Gasteiger partial charge in [0.2, 0.25) is 0 Å². The Morgan fingerprint density at radius 2 is 2.10 bits per heavy atom. The number of carbonyl (C=O) groups is 1. The van der Waals surface area contributed by atoms with Crippen molar-refractivity contribution in [3.8, 4) is 11.5 Å². The Morgan fingerprint density at radius 3 is 2.80 bits per heavy atom. The van der Waals surface area contributed by atoms with E-state index in [0.717, 1.165) is 0 Å². The summed E-state index contributed by atoms with van der Waals surface area (Å²) in [6, 6.07) is 8.63. The second-order valence-corrected chi connectivity index (χ2v) is 5.13. The van der Waals surface area contributed by atoms with Gasteiger partial charge in [0.05, 0.1) is 4.47 Å². The van der Waals surface area contributed by atoms with E-state index in [2.05, 4.69) is 20.9 Å². The van der Waals surface area contributed by atoms with Crippen molar-refractivity contribution in [3.63, 3.8) is 0 Å². The molecule has 0 saturated heterocycles. The highest BCUT2D eigenvalue weighted by Gasteiger charge is 2.11. The van der Waals surface area contributed by atoms with Gasteiger partial charge in [-0.15, -0.1) is 0 Å². The summed E-state index contributed by atoms with van der Waals surface area (Å²) in [5, 5.41) is 0. The molecule has 2 N–H and O–H groups in total. The molecule has 6 heteroatoms. The van der Waals surface area contributed by atoms with E-state index in [-0.39, 0.29) is 5.91 Å². The normalized spacial score (nSPS) is 10.2. The molecule has 0 bridgehead atoms. The number of ether oxygens (including phenoxy) is 1. The molecule has 1 amide bonds. The maximum absolute atomic E-state index is 11.8. The van der Waals surface area contributed by atoms with Gasteiger partial charge in [-0.3, -0.25) is 9.78 Å². The Hall–Kier alpha value is -2.08. The van der Waals surface area contributed by atoms with Crippen molar-refractivity contribution >= 4 is 27.5 Å². The average molecular weight is 336 g/mol. The third-order valence-corrected chi connectivity index (χ3v) is 3.43. The number of pyridine rings is 1. The molecule has 2 rings (SSSR count). The Balaban J connectivity index is 2.28. The van der Waals surface area contributed by atoms with Crippen LogP contribution in [-0.2, 0) is 0 Å². The minimum atomic E-state index is -0.179. The van der Waals surface area contributed by atoms with E-state index in [1.165, 1.54) is 11.1 Å². The standard InChI is InChI=1S/C14H14BrN3O2/c1-18(2)14(19)11-8-9(6-7-17-11)20-12-5-3-4-10(16)13(12)15/h3-8H,16H2,1-2H3. The lowest BCUT2D eigenvalue weighted by atomic mass is 10.3. The van der Waals surface area contributed by atoms with E-state index < -0.39 is 0 Å². The van der Waals surface area contributed by atoms with Crippen LogP contribution in [0.25, 0.3) is 0 Å². The summed E-state index contributed by atoms with van der Waals surface area (Å²) in [7, 11) is 3.35. The molecule has 0 aliphatic carbocycles. The summed E-state index contributed by atoms with van der Waals surface area (Å²) in [5.74, 6) is 0.929. The number of hydrogen-bond acceptors (Lipinski definition) is 4. The maximum Gasteiger partial charge on any atom is 0.272 e. The van der Waals surface area contributed by atoms with Crippen molar-refractivity contribution in [3.05, 3.63) is 46.7 Å². The quantitative estimate of drug-likeness (QED) is 0.875. The number of hydrogen-bond donors (Lipinski definition) is 1. The number of amides is 1. The first kappa shape index (κ1) is 14.3. The van der Waals surface area contributed by atoms with Crippen molar-refractivity contribution in [2.45, 2.75) is 0 Å². The van der Waals surface area contributed by atoms with E-state index in [4.69, 9.17) is 10.5 Å². The molecule has 104 valence electrons. The van der Waals surface area contributed by atoms with Crippen LogP contribution in [0.5, 0.6) is 11.5 Å². The van der Waals surface area contributed by atoms with Gasteiger partial charge >= 0.3 is 0 Å². The predicted molar refractivity (Wildman–Crippen MR) is 80.9 cm³/mol. The molecule has 5 nitrogen and oxygen atoms in total. The molecule has 2 aromatic rings. The fraction of sp³-hybridized carbons (Fsp3) is 0.143. The monoisotopic (exact) mass is 335 g/mol. The molecule has 0 aliphatic heterocycles. The van der Waals surface area contributed by atoms with Gasteiger partial charge in [0.15, 0.2) is 0 Å². The van der Waals surface area contributed by atoms with Crippen molar-refractivity contribution in [1.29, 1.82) is 0 Å². The molecular weight excluding hydrogens is 322 g/mol. The SMILES string of the molecule is CN(C)C(=O)c1cc(Oc2cccc(N)c2Br)ccn1. The molecule has 1 aromatic heterocycles. The Bertz CT molecular complexity index is 644. The van der Waals surface area contributed by atoms with Gasteiger partial charge in [-0.25, -0.2) is 0 Å². The molecular formula is C14H14BrN3O2. The van der Waals surface area contributed by atoms with Crippen LogP contribution >= 0.6 is 15.9 Å². The molecule has 0 spiro atoms. The van der Waals surface area contributed by atoms with Crippen LogP contribution in [0.1, 0.15) is 10.5 Å². The van der Waals surface area contributed by atoms with Crippen molar-refractivity contribution in [2.24, 2.45) is 0 Å². The van der Waals surface area contributed by atoms with E-state index in [9.17, 15) is 4.79 Å². The van der Waals surface area contributed by atoms with Gasteiger partial charge in [0.25, 0.3) is 5.91 Å². The molecule has 20 heavy (non-hydrogen) atoms. The third kappa shape index (κ3) is 3.08. The summed E-state index contributed by atoms with van der Waals surface area (Å²) >= 11 is 3.37. The van der Waals surface area contributed by atoms with Gasteiger partial charge in [-0.2, -0.15) is 0 Å². The number of nitrogen functional groups attached to an aromatic ring is 1. The minimum absolute atomic E-state index is 0.179. The number of benzene rings is 1. The number of nitrogens with zero attached hydrogens (tertiary/aromatic N) is 2. The molecule has 0 saturated carbocycles. The number of aromatic nitrogens is 1. The molecule has 1 heterocycles. The summed E-state index contributed by atoms with van der Waals surface area (Å²) in [6.45, 7) is 0. The lowest BCUT2D eigenvalue weighted by Crippen LogP contribution is -2.22. The summed E-state index contributed by atoms with van der Waals surface area (Å²) in [4.78, 5) is 17.3. The van der Waals surface area contributed by atoms with Crippen molar-refractivity contribution < 1.29 is 9.53 Å². The van der Waals surface area contributed by atoms with Gasteiger partial charge < -0.3 is 15.4 Å². The van der Waals surface area contributed by atoms with Gasteiger partial charge in [-0.1, -0.05) is 6.07 Å². The van der Waals surface area contributed by atoms with Crippen LogP contribution < -0.4 is 10.5 Å². The second kappa shape index (κ2) is 5.92. The van der Waals surface area contributed by atoms with Crippen molar-refractivity contribution in [2.75, 3.05) is 19.8 Å². The van der Waals surface area contributed by atoms with Crippen LogP contribution in [0.4, 0.5) is 5.69 Å². The van der Waals surface area contributed by atoms with Gasteiger partial charge in [0.1, 0.15) is 17.2 Å². The van der Waals surface area contributed by atoms with Gasteiger partial charge in [-0.05, 0) is 34.1 Å². The topological polar surface area (TPSA) is 68.5 Å². The number of anilines is 1. The Kier molecular flexibility index (Phi) is 4.24. The smallest absolute Gasteiger partial charge is 0.272 e. The molecule has 0 atom stereocenters. The fourth-order valence-electron chi connectivity index (χ4n) is 1.55. The first-order valence-corrected chi connectivity index (χ1v) is 6.68.